The summed E-state index contributed by atoms with van der Waals surface area (Å²) in [5.74, 6) is 0.234. The summed E-state index contributed by atoms with van der Waals surface area (Å²) in [6.45, 7) is 5.74. The number of rotatable bonds is 4. The first-order valence-electron chi connectivity index (χ1n) is 4.25. The van der Waals surface area contributed by atoms with Gasteiger partial charge in [0.05, 0.1) is 6.04 Å². The highest BCUT2D eigenvalue weighted by atomic mass is 16.1. The minimum Gasteiger partial charge on any atom is -0.300 e. The fourth-order valence-electron chi connectivity index (χ4n) is 1.09. The van der Waals surface area contributed by atoms with Crippen LogP contribution in [0.25, 0.3) is 0 Å². The van der Waals surface area contributed by atoms with Crippen LogP contribution in [0.5, 0.6) is 0 Å². The van der Waals surface area contributed by atoms with Gasteiger partial charge in [-0.15, -0.1) is 0 Å². The quantitative estimate of drug-likeness (QED) is 0.599. The summed E-state index contributed by atoms with van der Waals surface area (Å²) < 4.78 is 0. The van der Waals surface area contributed by atoms with E-state index < -0.39 is 0 Å². The largest absolute Gasteiger partial charge is 0.300 e. The second-order valence-electron chi connectivity index (χ2n) is 3.61. The van der Waals surface area contributed by atoms with Gasteiger partial charge in [-0.25, -0.2) is 0 Å². The highest BCUT2D eigenvalue weighted by Gasteiger charge is 2.14. The highest BCUT2D eigenvalue weighted by molar-refractivity contribution is 5.81. The van der Waals surface area contributed by atoms with Crippen molar-refractivity contribution in [2.75, 3.05) is 14.1 Å². The number of ketones is 1. The zero-order valence-electron chi connectivity index (χ0n) is 8.72. The predicted octanol–water partition coefficient (Wildman–Crippen LogP) is 1.86. The lowest BCUT2D eigenvalue weighted by molar-refractivity contribution is -0.121. The fraction of sp³-hybridized carbons (Fsp3) is 0.700. The fourth-order valence-corrected chi connectivity index (χ4v) is 1.09. The number of likely N-dealkylation sites (N-methyl/N-ethyl adjacent to an activating group) is 1. The van der Waals surface area contributed by atoms with Crippen LogP contribution in [0.15, 0.2) is 11.6 Å². The van der Waals surface area contributed by atoms with Crippen molar-refractivity contribution in [3.8, 4) is 0 Å². The van der Waals surface area contributed by atoms with Crippen molar-refractivity contribution in [1.29, 1.82) is 0 Å². The zero-order valence-corrected chi connectivity index (χ0v) is 8.72. The maximum absolute atomic E-state index is 11.1. The van der Waals surface area contributed by atoms with Crippen LogP contribution >= 0.6 is 0 Å². The van der Waals surface area contributed by atoms with Crippen molar-refractivity contribution in [2.45, 2.75) is 33.2 Å². The number of carbonyl (C=O) groups excluding carboxylic acids is 1. The molecule has 0 radical (unpaired) electrons. The Labute approximate surface area is 75.3 Å². The molecule has 0 amide bonds. The molecule has 0 N–H and O–H groups in total. The molecular formula is C10H19NO. The smallest absolute Gasteiger partial charge is 0.147 e. The summed E-state index contributed by atoms with van der Waals surface area (Å²) >= 11 is 0. The molecule has 0 aliphatic heterocycles. The molecule has 2 nitrogen and oxygen atoms in total. The summed E-state index contributed by atoms with van der Waals surface area (Å²) in [5.41, 5.74) is 1.27. The highest BCUT2D eigenvalue weighted by Crippen LogP contribution is 2.04. The minimum absolute atomic E-state index is 0.0416. The van der Waals surface area contributed by atoms with Crippen LogP contribution in [-0.4, -0.2) is 30.8 Å². The van der Waals surface area contributed by atoms with Crippen LogP contribution < -0.4 is 0 Å². The van der Waals surface area contributed by atoms with Gasteiger partial charge in [0.25, 0.3) is 0 Å². The van der Waals surface area contributed by atoms with Crippen molar-refractivity contribution in [3.05, 3.63) is 11.6 Å². The Hall–Kier alpha value is -0.630. The molecule has 0 aromatic carbocycles. The van der Waals surface area contributed by atoms with Gasteiger partial charge in [-0.05, 0) is 41.3 Å². The van der Waals surface area contributed by atoms with Gasteiger partial charge in [0.1, 0.15) is 5.78 Å². The van der Waals surface area contributed by atoms with E-state index in [9.17, 15) is 4.79 Å². The van der Waals surface area contributed by atoms with Crippen molar-refractivity contribution < 1.29 is 4.79 Å². The molecule has 0 heterocycles. The lowest BCUT2D eigenvalue weighted by atomic mass is 10.1. The molecule has 1 atom stereocenters. The third-order valence-corrected chi connectivity index (χ3v) is 1.84. The first kappa shape index (κ1) is 11.4. The molecule has 2 heteroatoms. The summed E-state index contributed by atoms with van der Waals surface area (Å²) in [5, 5.41) is 0. The van der Waals surface area contributed by atoms with Gasteiger partial charge in [0, 0.05) is 0 Å². The van der Waals surface area contributed by atoms with E-state index in [1.165, 1.54) is 5.57 Å². The molecule has 1 unspecified atom stereocenters. The molecule has 0 rings (SSSR count). The lowest BCUT2D eigenvalue weighted by Gasteiger charge is -2.19. The Kier molecular flexibility index (Phi) is 4.83. The van der Waals surface area contributed by atoms with Crippen molar-refractivity contribution in [3.63, 3.8) is 0 Å². The Morgan fingerprint density at radius 3 is 2.08 bits per heavy atom. The van der Waals surface area contributed by atoms with E-state index in [0.717, 1.165) is 6.42 Å². The van der Waals surface area contributed by atoms with Crippen molar-refractivity contribution in [2.24, 2.45) is 0 Å². The molecule has 0 fully saturated rings. The van der Waals surface area contributed by atoms with Gasteiger partial charge in [0.15, 0.2) is 0 Å². The van der Waals surface area contributed by atoms with Gasteiger partial charge in [0.2, 0.25) is 0 Å². The lowest BCUT2D eigenvalue weighted by Crippen LogP contribution is -2.33. The molecule has 70 valence electrons. The van der Waals surface area contributed by atoms with Gasteiger partial charge < -0.3 is 0 Å². The number of allylic oxidation sites excluding steroid dienone is 1. The van der Waals surface area contributed by atoms with Gasteiger partial charge >= 0.3 is 0 Å². The Bertz CT molecular complexity index is 178. The van der Waals surface area contributed by atoms with Gasteiger partial charge in [-0.1, -0.05) is 11.6 Å². The summed E-state index contributed by atoms with van der Waals surface area (Å²) in [7, 11) is 3.87. The molecule has 0 spiro atoms. The normalized spacial score (nSPS) is 12.8. The number of nitrogens with zero attached hydrogens (tertiary/aromatic N) is 1. The topological polar surface area (TPSA) is 20.3 Å². The first-order valence-corrected chi connectivity index (χ1v) is 4.25. The molecule has 0 aromatic rings. The average Bonchev–Trinajstić information content (AvgIpc) is 1.84. The maximum atomic E-state index is 11.1. The van der Waals surface area contributed by atoms with E-state index in [1.807, 2.05) is 32.8 Å². The third-order valence-electron chi connectivity index (χ3n) is 1.84. The molecule has 0 aromatic heterocycles. The van der Waals surface area contributed by atoms with Gasteiger partial charge in [-0.3, -0.25) is 9.69 Å². The summed E-state index contributed by atoms with van der Waals surface area (Å²) in [6.07, 6.45) is 2.93. The van der Waals surface area contributed by atoms with Crippen LogP contribution in [0.2, 0.25) is 0 Å². The molecule has 0 bridgehead atoms. The van der Waals surface area contributed by atoms with Crippen molar-refractivity contribution >= 4 is 5.78 Å². The van der Waals surface area contributed by atoms with Gasteiger partial charge in [-0.2, -0.15) is 0 Å². The molecule has 0 saturated carbocycles. The number of hydrogen-bond donors (Lipinski definition) is 0. The number of hydrogen-bond acceptors (Lipinski definition) is 2. The van der Waals surface area contributed by atoms with E-state index in [0.29, 0.717) is 0 Å². The molecular weight excluding hydrogens is 150 g/mol. The van der Waals surface area contributed by atoms with Crippen LogP contribution in [-0.2, 0) is 4.79 Å². The summed E-state index contributed by atoms with van der Waals surface area (Å²) in [4.78, 5) is 13.1. The van der Waals surface area contributed by atoms with E-state index in [-0.39, 0.29) is 11.8 Å². The average molecular weight is 169 g/mol. The van der Waals surface area contributed by atoms with E-state index in [1.54, 1.807) is 6.92 Å². The minimum atomic E-state index is 0.0416. The van der Waals surface area contributed by atoms with Crippen LogP contribution in [0.3, 0.4) is 0 Å². The Balaban J connectivity index is 4.15. The van der Waals surface area contributed by atoms with E-state index in [2.05, 4.69) is 6.08 Å². The standard InChI is InChI=1S/C10H19NO/c1-8(2)6-7-10(9(3)12)11(4)5/h6,10H,7H2,1-5H3. The molecule has 0 aliphatic rings. The maximum Gasteiger partial charge on any atom is 0.147 e. The predicted molar refractivity (Wildman–Crippen MR) is 52.2 cm³/mol. The number of Topliss-reactive ketones (excluding diaryl/α,β-unsaturated/α-hetero) is 1. The summed E-state index contributed by atoms with van der Waals surface area (Å²) in [6, 6.07) is 0.0416. The number of carbonyl (C=O) groups is 1. The Morgan fingerprint density at radius 2 is 1.83 bits per heavy atom. The van der Waals surface area contributed by atoms with Crippen LogP contribution in [0, 0.1) is 0 Å². The second kappa shape index (κ2) is 5.09. The van der Waals surface area contributed by atoms with Crippen LogP contribution in [0.4, 0.5) is 0 Å². The molecule has 0 aliphatic carbocycles. The Morgan fingerprint density at radius 1 is 1.33 bits per heavy atom. The third kappa shape index (κ3) is 4.29. The monoisotopic (exact) mass is 169 g/mol. The van der Waals surface area contributed by atoms with E-state index >= 15 is 0 Å². The van der Waals surface area contributed by atoms with Crippen molar-refractivity contribution in [1.82, 2.24) is 4.90 Å². The molecule has 0 saturated heterocycles. The van der Waals surface area contributed by atoms with E-state index in [4.69, 9.17) is 0 Å². The second-order valence-corrected chi connectivity index (χ2v) is 3.61. The zero-order chi connectivity index (χ0) is 9.72. The molecule has 12 heavy (non-hydrogen) atoms. The van der Waals surface area contributed by atoms with Crippen LogP contribution in [0.1, 0.15) is 27.2 Å². The first-order chi connectivity index (χ1) is 5.45. The SMILES string of the molecule is CC(=O)C(CC=C(C)C)N(C)C.